The fourth-order valence-corrected chi connectivity index (χ4v) is 6.52. The Morgan fingerprint density at radius 2 is 1.39 bits per heavy atom. The van der Waals surface area contributed by atoms with Crippen LogP contribution in [0.1, 0.15) is 124 Å². The van der Waals surface area contributed by atoms with E-state index in [0.717, 1.165) is 25.7 Å². The lowest BCUT2D eigenvalue weighted by atomic mass is 9.98. The van der Waals surface area contributed by atoms with Gasteiger partial charge in [0.2, 0.25) is 10.4 Å². The molecule has 2 bridgehead atoms. The lowest BCUT2D eigenvalue weighted by Crippen LogP contribution is -2.50. The molecule has 3 rings (SSSR count). The van der Waals surface area contributed by atoms with Gasteiger partial charge < -0.3 is 13.9 Å². The van der Waals surface area contributed by atoms with Crippen molar-refractivity contribution in [1.29, 1.82) is 0 Å². The first-order valence-electron chi connectivity index (χ1n) is 16.2. The lowest BCUT2D eigenvalue weighted by molar-refractivity contribution is -0.929. The highest BCUT2D eigenvalue weighted by Crippen LogP contribution is 2.31. The number of piperidine rings is 1. The summed E-state index contributed by atoms with van der Waals surface area (Å²) in [6, 6.07) is -2.11. The van der Waals surface area contributed by atoms with Gasteiger partial charge >= 0.3 is 6.03 Å². The second kappa shape index (κ2) is 18.3. The van der Waals surface area contributed by atoms with Crippen molar-refractivity contribution >= 4 is 22.3 Å². The summed E-state index contributed by atoms with van der Waals surface area (Å²) in [5, 5.41) is 0.553. The van der Waals surface area contributed by atoms with E-state index in [1.54, 1.807) is 0 Å². The van der Waals surface area contributed by atoms with E-state index in [-0.39, 0.29) is 12.6 Å². The molecule has 11 nitrogen and oxygen atoms in total. The first-order valence-corrected chi connectivity index (χ1v) is 17.5. The third-order valence-corrected chi connectivity index (χ3v) is 8.96. The molecule has 2 saturated heterocycles. The second-order valence-electron chi connectivity index (χ2n) is 12.0. The van der Waals surface area contributed by atoms with Gasteiger partial charge in [-0.15, -0.1) is 0 Å². The Balaban J connectivity index is 0.000000307. The topological polar surface area (TPSA) is 128 Å². The highest BCUT2D eigenvalue weighted by molar-refractivity contribution is 7.80. The molecule has 2 heterocycles. The van der Waals surface area contributed by atoms with Gasteiger partial charge in [0.05, 0.1) is 38.3 Å². The Kier molecular flexibility index (Phi) is 15.9. The van der Waals surface area contributed by atoms with Crippen LogP contribution in [0.3, 0.4) is 0 Å². The largest absolute Gasteiger partial charge is 0.724 e. The van der Waals surface area contributed by atoms with E-state index in [0.29, 0.717) is 17.9 Å². The Labute approximate surface area is 248 Å². The molecule has 0 aromatic carbocycles. The van der Waals surface area contributed by atoms with E-state index in [9.17, 15) is 22.6 Å². The van der Waals surface area contributed by atoms with Crippen molar-refractivity contribution in [3.8, 4) is 0 Å². The van der Waals surface area contributed by atoms with Crippen LogP contribution in [0.4, 0.5) is 4.79 Å². The average Bonchev–Trinajstić information content (AvgIpc) is 3.19. The van der Waals surface area contributed by atoms with Crippen LogP contribution in [0.25, 0.3) is 0 Å². The number of hydrogen-bond acceptors (Lipinski definition) is 7. The van der Waals surface area contributed by atoms with Gasteiger partial charge in [0.25, 0.3) is 5.91 Å². The van der Waals surface area contributed by atoms with Crippen molar-refractivity contribution in [2.24, 2.45) is 0 Å². The summed E-state index contributed by atoms with van der Waals surface area (Å²) >= 11 is 0. The lowest BCUT2D eigenvalue weighted by Gasteiger charge is -2.39. The fourth-order valence-electron chi connectivity index (χ4n) is 6.14. The number of rotatable bonds is 17. The van der Waals surface area contributed by atoms with E-state index in [1.165, 1.54) is 93.3 Å². The van der Waals surface area contributed by atoms with Crippen molar-refractivity contribution < 1.29 is 36.2 Å². The van der Waals surface area contributed by atoms with Crippen LogP contribution in [-0.4, -0.2) is 90.3 Å². The standard InChI is InChI=1S/C16H36N.C13H21N3O7S/c1-5-9-13-17(14-10-6-2,15-11-7-3)16-12-8-4;17-12(14-22-10-4-2-1-3-5-10)11-7-6-9-8-15(11)13(18)16(9)23-24(19,20)21/h5-16H2,1-4H3;9-11H,1-8H2,(H,14,17)(H,19,20,21)/q+1;/p-1/t;9-,11+/m.1/s1. The van der Waals surface area contributed by atoms with Gasteiger partial charge in [0, 0.05) is 6.54 Å². The molecule has 0 aromatic rings. The minimum Gasteiger partial charge on any atom is -0.724 e. The van der Waals surface area contributed by atoms with E-state index in [4.69, 9.17) is 4.84 Å². The van der Waals surface area contributed by atoms with Crippen LogP contribution in [0.2, 0.25) is 0 Å². The SMILES string of the molecule is CCCC[N+](CCCC)(CCCC)CCCC.O=C(NOC1CCCCC1)[C@@H]1CC[C@@H]2CN1C(=O)N2OS(=O)(=O)[O-]. The summed E-state index contributed by atoms with van der Waals surface area (Å²) < 4.78 is 37.8. The van der Waals surface area contributed by atoms with Crippen LogP contribution >= 0.6 is 0 Å². The van der Waals surface area contributed by atoms with Crippen LogP contribution in [0, 0.1) is 0 Å². The van der Waals surface area contributed by atoms with Crippen molar-refractivity contribution in [3.63, 3.8) is 0 Å². The van der Waals surface area contributed by atoms with E-state index >= 15 is 0 Å². The third kappa shape index (κ3) is 12.0. The summed E-state index contributed by atoms with van der Waals surface area (Å²) in [4.78, 5) is 31.1. The number of carbonyl (C=O) groups is 2. The maximum absolute atomic E-state index is 12.3. The fraction of sp³-hybridized carbons (Fsp3) is 0.931. The second-order valence-corrected chi connectivity index (χ2v) is 13.0. The number of unbranched alkanes of at least 4 members (excludes halogenated alkanes) is 4. The Bertz CT molecular complexity index is 845. The number of carbonyl (C=O) groups excluding carboxylic acids is 2. The smallest absolute Gasteiger partial charge is 0.346 e. The number of amides is 3. The number of urea groups is 1. The summed E-state index contributed by atoms with van der Waals surface area (Å²) in [6.45, 7) is 15.2. The van der Waals surface area contributed by atoms with Crippen molar-refractivity contribution in [2.45, 2.75) is 142 Å². The Hall–Kier alpha value is -1.47. The molecule has 3 amide bonds. The number of nitrogens with one attached hydrogen (secondary N) is 1. The molecule has 2 aliphatic heterocycles. The van der Waals surface area contributed by atoms with Crippen LogP contribution in [0.5, 0.6) is 0 Å². The zero-order chi connectivity index (χ0) is 30.3. The van der Waals surface area contributed by atoms with Crippen LogP contribution in [-0.2, 0) is 24.3 Å². The molecule has 3 fully saturated rings. The first kappa shape index (κ1) is 35.7. The normalized spacial score (nSPS) is 21.5. The molecule has 12 heteroatoms. The van der Waals surface area contributed by atoms with E-state index in [2.05, 4.69) is 37.5 Å². The highest BCUT2D eigenvalue weighted by atomic mass is 32.3. The minimum absolute atomic E-state index is 0.0150. The van der Waals surface area contributed by atoms with Gasteiger partial charge in [-0.2, -0.15) is 9.35 Å². The zero-order valence-electron chi connectivity index (χ0n) is 26.0. The average molecular weight is 605 g/mol. The quantitative estimate of drug-likeness (QED) is 0.107. The summed E-state index contributed by atoms with van der Waals surface area (Å²) in [6.07, 6.45) is 16.8. The Morgan fingerprint density at radius 1 is 0.878 bits per heavy atom. The Morgan fingerprint density at radius 3 is 1.85 bits per heavy atom. The first-order chi connectivity index (χ1) is 19.6. The molecule has 1 aliphatic carbocycles. The van der Waals surface area contributed by atoms with E-state index in [1.807, 2.05) is 0 Å². The molecular formula is C29H56N4O7S. The number of nitrogens with zero attached hydrogens (tertiary/aromatic N) is 3. The molecule has 41 heavy (non-hydrogen) atoms. The number of fused-ring (bicyclic) bond motifs is 2. The molecule has 2 atom stereocenters. The monoisotopic (exact) mass is 604 g/mol. The molecule has 0 radical (unpaired) electrons. The van der Waals surface area contributed by atoms with Gasteiger partial charge in [0.15, 0.2) is 0 Å². The van der Waals surface area contributed by atoms with Crippen molar-refractivity contribution in [1.82, 2.24) is 15.4 Å². The molecule has 0 spiro atoms. The zero-order valence-corrected chi connectivity index (χ0v) is 26.8. The van der Waals surface area contributed by atoms with Crippen LogP contribution in [0.15, 0.2) is 0 Å². The highest BCUT2D eigenvalue weighted by Gasteiger charge is 2.48. The molecule has 240 valence electrons. The van der Waals surface area contributed by atoms with Gasteiger partial charge in [-0.3, -0.25) is 9.63 Å². The predicted molar refractivity (Wildman–Crippen MR) is 157 cm³/mol. The summed E-state index contributed by atoms with van der Waals surface area (Å²) in [5.41, 5.74) is 2.42. The van der Waals surface area contributed by atoms with Gasteiger partial charge in [-0.05, 0) is 51.4 Å². The van der Waals surface area contributed by atoms with Gasteiger partial charge in [-0.25, -0.2) is 18.7 Å². The van der Waals surface area contributed by atoms with Crippen molar-refractivity contribution in [3.05, 3.63) is 0 Å². The number of hydroxylamine groups is 3. The van der Waals surface area contributed by atoms with Gasteiger partial charge in [-0.1, -0.05) is 72.6 Å². The van der Waals surface area contributed by atoms with Crippen LogP contribution < -0.4 is 5.48 Å². The van der Waals surface area contributed by atoms with Gasteiger partial charge in [0.1, 0.15) is 6.04 Å². The number of hydrogen-bond donors (Lipinski definition) is 1. The maximum Gasteiger partial charge on any atom is 0.346 e. The maximum atomic E-state index is 12.3. The summed E-state index contributed by atoms with van der Waals surface area (Å²) in [7, 11) is -5.04. The molecule has 3 aliphatic rings. The summed E-state index contributed by atoms with van der Waals surface area (Å²) in [5.74, 6) is -0.445. The third-order valence-electron chi connectivity index (χ3n) is 8.62. The molecule has 1 N–H and O–H groups in total. The van der Waals surface area contributed by atoms with E-state index < -0.39 is 34.4 Å². The molecular weight excluding hydrogens is 548 g/mol. The van der Waals surface area contributed by atoms with Crippen molar-refractivity contribution in [2.75, 3.05) is 32.7 Å². The predicted octanol–water partition coefficient (Wildman–Crippen LogP) is 5.03. The minimum atomic E-state index is -5.04. The molecule has 0 aromatic heterocycles. The molecule has 0 unspecified atom stereocenters. The number of quaternary nitrogens is 1. The molecule has 1 saturated carbocycles.